The van der Waals surface area contributed by atoms with E-state index in [4.69, 9.17) is 23.8 Å². The first-order chi connectivity index (χ1) is 31.2. The number of hydrogen-bond donors (Lipinski definition) is 4. The number of hydroxylamine groups is 2. The first-order valence-electron chi connectivity index (χ1n) is 21.5. The summed E-state index contributed by atoms with van der Waals surface area (Å²) in [4.78, 5) is 74.4. The molecule has 66 heavy (non-hydrogen) atoms. The fourth-order valence-corrected chi connectivity index (χ4v) is 8.83. The average molecular weight is 924 g/mol. The fourth-order valence-electron chi connectivity index (χ4n) is 8.83. The fraction of sp³-hybridized carbons (Fsp3) is 0.468. The molecule has 2 bridgehead atoms. The lowest BCUT2D eigenvalue weighted by molar-refractivity contribution is -0.213. The molecule has 2 amide bonds. The van der Waals surface area contributed by atoms with Gasteiger partial charge in [-0.15, -0.1) is 0 Å². The molecule has 0 aromatic heterocycles. The number of aliphatic hydroxyl groups is 2. The molecule has 9 atom stereocenters. The van der Waals surface area contributed by atoms with E-state index >= 15 is 4.79 Å². The smallest absolute Gasteiger partial charge is 0.422 e. The molecule has 16 nitrogen and oxygen atoms in total. The number of nitrogens with zero attached hydrogens (tertiary/aromatic N) is 1. The first-order valence-corrected chi connectivity index (χ1v) is 21.5. The van der Waals surface area contributed by atoms with Crippen LogP contribution in [0.5, 0.6) is 0 Å². The quantitative estimate of drug-likeness (QED) is 0.0918. The second-order valence-electron chi connectivity index (χ2n) is 17.7. The number of carbonyl (C=O) groups is 5. The number of fused-ring (bicyclic) bond motifs is 4. The second kappa shape index (κ2) is 19.3. The van der Waals surface area contributed by atoms with Crippen LogP contribution in [0.2, 0.25) is 0 Å². The van der Waals surface area contributed by atoms with Crippen molar-refractivity contribution >= 4 is 35.8 Å². The van der Waals surface area contributed by atoms with Crippen molar-refractivity contribution in [1.29, 1.82) is 0 Å². The van der Waals surface area contributed by atoms with E-state index in [-0.39, 0.29) is 25.8 Å². The molecule has 0 spiro atoms. The molecule has 0 radical (unpaired) electrons. The molecule has 354 valence electrons. The number of ether oxygens (including phenoxy) is 5. The SMILES string of the molecule is CC(O)C(NC(=O)C12CC3OC(=O)C1N(Cc1ccc(C=CC(=O)OCC(F)(F)F)cc1)OC2C1OC(c2ccccc2)(c2ccccc2)OC31)C(=O)NC(CO)CCC(=O)OC(C)(C)C. The largest absolute Gasteiger partial charge is 0.460 e. The van der Waals surface area contributed by atoms with Gasteiger partial charge in [0.25, 0.3) is 0 Å². The first kappa shape index (κ1) is 48.2. The molecule has 4 fully saturated rings. The summed E-state index contributed by atoms with van der Waals surface area (Å²) in [6.45, 7) is 3.97. The second-order valence-corrected chi connectivity index (χ2v) is 17.7. The molecule has 3 aliphatic heterocycles. The number of aliphatic hydroxyl groups excluding tert-OH is 2. The molecule has 3 heterocycles. The lowest BCUT2D eigenvalue weighted by Crippen LogP contribution is -2.71. The van der Waals surface area contributed by atoms with Gasteiger partial charge in [0, 0.05) is 30.0 Å². The van der Waals surface area contributed by atoms with Gasteiger partial charge in [-0.05, 0) is 51.3 Å². The molecule has 3 aromatic carbocycles. The Morgan fingerprint density at radius 1 is 0.924 bits per heavy atom. The van der Waals surface area contributed by atoms with E-state index in [1.165, 1.54) is 18.1 Å². The Morgan fingerprint density at radius 3 is 2.12 bits per heavy atom. The lowest BCUT2D eigenvalue weighted by Gasteiger charge is -2.49. The number of amides is 2. The number of nitrogens with one attached hydrogen (secondary N) is 2. The minimum Gasteiger partial charge on any atom is -0.460 e. The van der Waals surface area contributed by atoms with Crippen LogP contribution in [0.15, 0.2) is 91.0 Å². The number of halogens is 3. The predicted molar refractivity (Wildman–Crippen MR) is 225 cm³/mol. The number of carbonyl (C=O) groups excluding carboxylic acids is 5. The Hall–Kier alpha value is -5.70. The summed E-state index contributed by atoms with van der Waals surface area (Å²) >= 11 is 0. The van der Waals surface area contributed by atoms with E-state index in [1.807, 2.05) is 60.7 Å². The van der Waals surface area contributed by atoms with E-state index in [2.05, 4.69) is 15.4 Å². The molecule has 4 N–H and O–H groups in total. The van der Waals surface area contributed by atoms with Crippen molar-refractivity contribution in [3.05, 3.63) is 113 Å². The Balaban J connectivity index is 1.19. The van der Waals surface area contributed by atoms with E-state index in [9.17, 15) is 42.6 Å². The zero-order chi connectivity index (χ0) is 47.6. The highest BCUT2D eigenvalue weighted by molar-refractivity contribution is 5.96. The van der Waals surface area contributed by atoms with E-state index in [0.717, 1.165) is 6.08 Å². The minimum absolute atomic E-state index is 0.0151. The summed E-state index contributed by atoms with van der Waals surface area (Å²) in [7, 11) is 0. The van der Waals surface area contributed by atoms with Crippen LogP contribution in [-0.4, -0.2) is 119 Å². The van der Waals surface area contributed by atoms with Gasteiger partial charge in [0.05, 0.1) is 25.3 Å². The molecule has 1 saturated carbocycles. The standard InChI is InChI=1S/C47H52F3N3O13/c1-27(55)36(41(58)51-32(25-54)20-22-35(57)63-44(2,3)4)52-43(60)45-23-33-37-38(65-47(64-37,30-11-7-5-8-12-30)31-13-9-6-10-14-31)40(45)66-53(39(45)42(59)62-33)24-29-17-15-28(16-18-29)19-21-34(56)61-26-46(48,49)50/h5-19,21,27,32-33,36-40,54-55H,20,22-26H2,1-4H3,(H,51,58)(H,52,60). The third kappa shape index (κ3) is 10.3. The van der Waals surface area contributed by atoms with Crippen molar-refractivity contribution < 1.29 is 75.9 Å². The van der Waals surface area contributed by atoms with E-state index in [1.54, 1.807) is 45.0 Å². The summed E-state index contributed by atoms with van der Waals surface area (Å²) < 4.78 is 67.0. The maximum Gasteiger partial charge on any atom is 0.422 e. The van der Waals surface area contributed by atoms with Crippen LogP contribution in [0.3, 0.4) is 0 Å². The van der Waals surface area contributed by atoms with Gasteiger partial charge >= 0.3 is 24.1 Å². The molecule has 4 aliphatic rings. The van der Waals surface area contributed by atoms with Crippen molar-refractivity contribution in [2.24, 2.45) is 5.41 Å². The Bertz CT molecular complexity index is 2230. The van der Waals surface area contributed by atoms with Crippen molar-refractivity contribution in [3.63, 3.8) is 0 Å². The Morgan fingerprint density at radius 2 is 1.55 bits per heavy atom. The molecule has 3 aromatic rings. The molecular weight excluding hydrogens is 872 g/mol. The monoisotopic (exact) mass is 923 g/mol. The van der Waals surface area contributed by atoms with E-state index in [0.29, 0.717) is 22.3 Å². The zero-order valence-electron chi connectivity index (χ0n) is 36.6. The summed E-state index contributed by atoms with van der Waals surface area (Å²) in [5.41, 5.74) is -0.394. The molecule has 9 unspecified atom stereocenters. The molecule has 19 heteroatoms. The van der Waals surface area contributed by atoms with Crippen LogP contribution < -0.4 is 10.6 Å². The van der Waals surface area contributed by atoms with Crippen molar-refractivity contribution in [2.45, 2.75) is 120 Å². The average Bonchev–Trinajstić information content (AvgIpc) is 3.85. The van der Waals surface area contributed by atoms with Gasteiger partial charge in [-0.25, -0.2) is 4.79 Å². The number of esters is 3. The third-order valence-corrected chi connectivity index (χ3v) is 11.7. The van der Waals surface area contributed by atoms with E-state index < -0.39 is 115 Å². The number of benzene rings is 3. The molecular formula is C47H52F3N3O13. The molecule has 3 saturated heterocycles. The zero-order valence-corrected chi connectivity index (χ0v) is 36.6. The van der Waals surface area contributed by atoms with Crippen molar-refractivity contribution in [3.8, 4) is 0 Å². The van der Waals surface area contributed by atoms with Gasteiger partial charge in [-0.2, -0.15) is 18.2 Å². The summed E-state index contributed by atoms with van der Waals surface area (Å²) in [6, 6.07) is 20.5. The third-order valence-electron chi connectivity index (χ3n) is 11.7. The van der Waals surface area contributed by atoms with Crippen LogP contribution >= 0.6 is 0 Å². The topological polar surface area (TPSA) is 208 Å². The number of alkyl halides is 3. The van der Waals surface area contributed by atoms with Gasteiger partial charge in [0.2, 0.25) is 17.6 Å². The van der Waals surface area contributed by atoms with Crippen molar-refractivity contribution in [1.82, 2.24) is 15.7 Å². The highest BCUT2D eigenvalue weighted by Gasteiger charge is 2.76. The van der Waals surface area contributed by atoms with Gasteiger partial charge in [-0.3, -0.25) is 24.0 Å². The Kier molecular flexibility index (Phi) is 14.1. The highest BCUT2D eigenvalue weighted by Crippen LogP contribution is 2.59. The summed E-state index contributed by atoms with van der Waals surface area (Å²) in [5, 5.41) is 27.7. The number of hydrogen-bond acceptors (Lipinski definition) is 14. The van der Waals surface area contributed by atoms with Gasteiger partial charge in [0.1, 0.15) is 41.5 Å². The maximum absolute atomic E-state index is 15.2. The van der Waals surface area contributed by atoms with Crippen LogP contribution in [-0.2, 0) is 64.8 Å². The predicted octanol–water partition coefficient (Wildman–Crippen LogP) is 3.76. The molecule has 1 aliphatic carbocycles. The molecule has 7 rings (SSSR count). The van der Waals surface area contributed by atoms with Gasteiger partial charge < -0.3 is 44.5 Å². The maximum atomic E-state index is 15.2. The summed E-state index contributed by atoms with van der Waals surface area (Å²) in [5.74, 6) is -5.85. The minimum atomic E-state index is -4.68. The van der Waals surface area contributed by atoms with Crippen molar-refractivity contribution in [2.75, 3.05) is 13.2 Å². The van der Waals surface area contributed by atoms with Gasteiger partial charge in [0.15, 0.2) is 12.6 Å². The van der Waals surface area contributed by atoms with Crippen LogP contribution in [0.25, 0.3) is 6.08 Å². The van der Waals surface area contributed by atoms with Gasteiger partial charge in [-0.1, -0.05) is 84.9 Å². The van der Waals surface area contributed by atoms with Crippen LogP contribution in [0.1, 0.15) is 69.2 Å². The summed E-state index contributed by atoms with van der Waals surface area (Å²) in [6.07, 6.45) is -8.74. The normalized spacial score (nSPS) is 25.8. The number of rotatable bonds is 16. The van der Waals surface area contributed by atoms with Crippen LogP contribution in [0, 0.1) is 5.41 Å². The Labute approximate surface area is 378 Å². The van der Waals surface area contributed by atoms with Crippen LogP contribution in [0.4, 0.5) is 13.2 Å². The lowest BCUT2D eigenvalue weighted by atomic mass is 9.62. The highest BCUT2D eigenvalue weighted by atomic mass is 19.4.